The summed E-state index contributed by atoms with van der Waals surface area (Å²) in [5, 5.41) is 14.9. The Morgan fingerprint density at radius 1 is 1.14 bits per heavy atom. The molecular formula is C16H21N7O5. The summed E-state index contributed by atoms with van der Waals surface area (Å²) >= 11 is 0. The quantitative estimate of drug-likeness (QED) is 0.189. The first-order chi connectivity index (χ1) is 13.3. The van der Waals surface area contributed by atoms with Crippen LogP contribution in [-0.2, 0) is 21.0 Å². The van der Waals surface area contributed by atoms with E-state index in [1.165, 1.54) is 4.90 Å². The SMILES string of the molecule is CN(C(=O)NCNC(=N)N)c1ccc(CNC(=O)ON2C(=O)CCC2=O)cc1. The Bertz CT molecular complexity index is 764. The second-order valence-electron chi connectivity index (χ2n) is 5.79. The summed E-state index contributed by atoms with van der Waals surface area (Å²) < 4.78 is 0. The lowest BCUT2D eigenvalue weighted by molar-refractivity contribution is -0.171. The number of carbonyl (C=O) groups excluding carboxylic acids is 4. The van der Waals surface area contributed by atoms with Gasteiger partial charge in [0, 0.05) is 32.1 Å². The first kappa shape index (κ1) is 20.5. The van der Waals surface area contributed by atoms with Crippen LogP contribution in [0.4, 0.5) is 15.3 Å². The van der Waals surface area contributed by atoms with Crippen molar-refractivity contribution in [2.45, 2.75) is 19.4 Å². The number of guanidine groups is 1. The van der Waals surface area contributed by atoms with Gasteiger partial charge in [-0.3, -0.25) is 19.9 Å². The summed E-state index contributed by atoms with van der Waals surface area (Å²) in [5.74, 6) is -1.36. The van der Waals surface area contributed by atoms with Crippen LogP contribution in [0.25, 0.3) is 0 Å². The van der Waals surface area contributed by atoms with Crippen molar-refractivity contribution >= 4 is 35.6 Å². The number of imide groups is 1. The lowest BCUT2D eigenvalue weighted by Gasteiger charge is -2.19. The van der Waals surface area contributed by atoms with Gasteiger partial charge in [0.15, 0.2) is 5.96 Å². The van der Waals surface area contributed by atoms with Gasteiger partial charge in [0.05, 0.1) is 6.67 Å². The Hall–Kier alpha value is -3.83. The minimum atomic E-state index is -0.915. The van der Waals surface area contributed by atoms with Crippen molar-refractivity contribution in [3.8, 4) is 0 Å². The maximum absolute atomic E-state index is 12.0. The summed E-state index contributed by atoms with van der Waals surface area (Å²) in [5.41, 5.74) is 6.44. The van der Waals surface area contributed by atoms with Gasteiger partial charge in [-0.15, -0.1) is 5.06 Å². The number of nitrogens with two attached hydrogens (primary N) is 1. The largest absolute Gasteiger partial charge is 0.432 e. The Morgan fingerprint density at radius 3 is 2.32 bits per heavy atom. The van der Waals surface area contributed by atoms with Crippen LogP contribution in [0.3, 0.4) is 0 Å². The van der Waals surface area contributed by atoms with E-state index in [0.717, 1.165) is 0 Å². The van der Waals surface area contributed by atoms with Crippen LogP contribution in [0, 0.1) is 5.41 Å². The molecule has 1 fully saturated rings. The molecule has 0 spiro atoms. The number of hydrogen-bond acceptors (Lipinski definition) is 6. The predicted octanol–water partition coefficient (Wildman–Crippen LogP) is -0.437. The van der Waals surface area contributed by atoms with Crippen molar-refractivity contribution < 1.29 is 24.0 Å². The number of hydrogen-bond donors (Lipinski definition) is 5. The Balaban J connectivity index is 1.81. The maximum Gasteiger partial charge on any atom is 0.432 e. The van der Waals surface area contributed by atoms with Gasteiger partial charge >= 0.3 is 12.1 Å². The van der Waals surface area contributed by atoms with Crippen molar-refractivity contribution in [2.75, 3.05) is 18.6 Å². The number of rotatable bonds is 6. The smallest absolute Gasteiger partial charge is 0.370 e. The van der Waals surface area contributed by atoms with Crippen molar-refractivity contribution in [1.29, 1.82) is 5.41 Å². The fraction of sp³-hybridized carbons (Fsp3) is 0.312. The molecule has 150 valence electrons. The van der Waals surface area contributed by atoms with E-state index < -0.39 is 23.9 Å². The molecule has 0 aliphatic carbocycles. The molecule has 0 bridgehead atoms. The fourth-order valence-electron chi connectivity index (χ4n) is 2.24. The van der Waals surface area contributed by atoms with Gasteiger partial charge in [-0.05, 0) is 17.7 Å². The molecule has 1 aromatic carbocycles. The van der Waals surface area contributed by atoms with Crippen molar-refractivity contribution in [3.63, 3.8) is 0 Å². The third-order valence-corrected chi connectivity index (χ3v) is 3.76. The molecule has 0 atom stereocenters. The zero-order valence-electron chi connectivity index (χ0n) is 15.2. The number of urea groups is 1. The van der Waals surface area contributed by atoms with Crippen molar-refractivity contribution in [3.05, 3.63) is 29.8 Å². The van der Waals surface area contributed by atoms with Crippen LogP contribution in [0.2, 0.25) is 0 Å². The van der Waals surface area contributed by atoms with Crippen LogP contribution in [0.15, 0.2) is 24.3 Å². The van der Waals surface area contributed by atoms with E-state index >= 15 is 0 Å². The van der Waals surface area contributed by atoms with Gasteiger partial charge in [0.25, 0.3) is 11.8 Å². The topological polar surface area (TPSA) is 170 Å². The second-order valence-corrected chi connectivity index (χ2v) is 5.79. The minimum absolute atomic E-state index is 0.0185. The van der Waals surface area contributed by atoms with Crippen LogP contribution in [0.5, 0.6) is 0 Å². The summed E-state index contributed by atoms with van der Waals surface area (Å²) in [6.07, 6.45) is -0.860. The van der Waals surface area contributed by atoms with E-state index in [1.54, 1.807) is 31.3 Å². The molecule has 1 aromatic rings. The predicted molar refractivity (Wildman–Crippen MR) is 97.7 cm³/mol. The van der Waals surface area contributed by atoms with E-state index in [0.29, 0.717) is 16.3 Å². The molecule has 1 aliphatic rings. The van der Waals surface area contributed by atoms with Gasteiger partial charge in [0.1, 0.15) is 0 Å². The number of hydroxylamine groups is 2. The maximum atomic E-state index is 12.0. The molecule has 1 heterocycles. The number of anilines is 1. The Kier molecular flexibility index (Phi) is 6.73. The highest BCUT2D eigenvalue weighted by Crippen LogP contribution is 2.14. The van der Waals surface area contributed by atoms with Crippen LogP contribution >= 0.6 is 0 Å². The first-order valence-electron chi connectivity index (χ1n) is 8.28. The highest BCUT2D eigenvalue weighted by molar-refractivity contribution is 6.01. The number of nitrogens with one attached hydrogen (secondary N) is 4. The number of amides is 5. The number of carbonyl (C=O) groups is 4. The van der Waals surface area contributed by atoms with Gasteiger partial charge in [-0.1, -0.05) is 12.1 Å². The van der Waals surface area contributed by atoms with E-state index in [2.05, 4.69) is 16.0 Å². The van der Waals surface area contributed by atoms with Crippen LogP contribution in [-0.4, -0.2) is 48.7 Å². The molecule has 1 aliphatic heterocycles. The van der Waals surface area contributed by atoms with Gasteiger partial charge in [0.2, 0.25) is 0 Å². The zero-order chi connectivity index (χ0) is 20.7. The summed E-state index contributed by atoms with van der Waals surface area (Å²) in [6.45, 7) is 0.123. The molecule has 0 saturated carbocycles. The van der Waals surface area contributed by atoms with E-state index in [4.69, 9.17) is 16.0 Å². The fourth-order valence-corrected chi connectivity index (χ4v) is 2.24. The van der Waals surface area contributed by atoms with Gasteiger partial charge < -0.3 is 26.5 Å². The molecule has 2 rings (SSSR count). The summed E-state index contributed by atoms with van der Waals surface area (Å²) in [6, 6.07) is 6.34. The molecular weight excluding hydrogens is 370 g/mol. The molecule has 0 radical (unpaired) electrons. The van der Waals surface area contributed by atoms with E-state index in [1.807, 2.05) is 0 Å². The van der Waals surface area contributed by atoms with Gasteiger partial charge in [-0.25, -0.2) is 9.59 Å². The highest BCUT2D eigenvalue weighted by Gasteiger charge is 2.32. The number of nitrogens with zero attached hydrogens (tertiary/aromatic N) is 2. The summed E-state index contributed by atoms with van der Waals surface area (Å²) in [4.78, 5) is 52.5. The number of benzene rings is 1. The standard InChI is InChI=1S/C16H21N7O5/c1-22(15(26)21-9-20-14(17)18)11-4-2-10(3-5-11)8-19-16(27)28-23-12(24)6-7-13(23)25/h2-5H,6-9H2,1H3,(H,19,27)(H,21,26)(H4,17,18,20). The first-order valence-corrected chi connectivity index (χ1v) is 8.28. The zero-order valence-corrected chi connectivity index (χ0v) is 15.2. The average Bonchev–Trinajstić information content (AvgIpc) is 2.97. The van der Waals surface area contributed by atoms with E-state index in [9.17, 15) is 19.2 Å². The highest BCUT2D eigenvalue weighted by atomic mass is 16.7. The normalized spacial score (nSPS) is 13.1. The lowest BCUT2D eigenvalue weighted by atomic mass is 10.2. The Labute approximate surface area is 160 Å². The molecule has 1 saturated heterocycles. The second kappa shape index (κ2) is 9.21. The molecule has 0 aromatic heterocycles. The summed E-state index contributed by atoms with van der Waals surface area (Å²) in [7, 11) is 1.57. The van der Waals surface area contributed by atoms with Crippen LogP contribution < -0.4 is 26.6 Å². The minimum Gasteiger partial charge on any atom is -0.370 e. The van der Waals surface area contributed by atoms with Crippen LogP contribution in [0.1, 0.15) is 18.4 Å². The molecule has 5 amide bonds. The molecule has 0 unspecified atom stereocenters. The van der Waals surface area contributed by atoms with E-state index in [-0.39, 0.29) is 32.0 Å². The third kappa shape index (κ3) is 5.59. The molecule has 12 nitrogen and oxygen atoms in total. The van der Waals surface area contributed by atoms with Gasteiger partial charge in [-0.2, -0.15) is 0 Å². The monoisotopic (exact) mass is 391 g/mol. The Morgan fingerprint density at radius 2 is 1.75 bits per heavy atom. The third-order valence-electron chi connectivity index (χ3n) is 3.76. The molecule has 12 heteroatoms. The molecule has 6 N–H and O–H groups in total. The molecule has 28 heavy (non-hydrogen) atoms. The lowest BCUT2D eigenvalue weighted by Crippen LogP contribution is -2.45. The van der Waals surface area contributed by atoms with Crippen molar-refractivity contribution in [1.82, 2.24) is 21.0 Å². The average molecular weight is 391 g/mol. The van der Waals surface area contributed by atoms with Crippen molar-refractivity contribution in [2.24, 2.45) is 5.73 Å².